The van der Waals surface area contributed by atoms with E-state index in [1.165, 1.54) is 0 Å². The summed E-state index contributed by atoms with van der Waals surface area (Å²) in [5.74, 6) is 0.223. The molecule has 1 aliphatic heterocycles. The molecule has 1 heterocycles. The van der Waals surface area contributed by atoms with Crippen LogP contribution in [0.2, 0.25) is 0 Å². The highest BCUT2D eigenvalue weighted by Gasteiger charge is 2.14. The Hall–Kier alpha value is -1.17. The molecule has 1 fully saturated rings. The molecular formula is C17H24O4S. The third-order valence-corrected chi connectivity index (χ3v) is 5.11. The van der Waals surface area contributed by atoms with Crippen molar-refractivity contribution in [3.05, 3.63) is 42.0 Å². The van der Waals surface area contributed by atoms with Crippen molar-refractivity contribution in [1.82, 2.24) is 0 Å². The fraction of sp³-hybridized carbons (Fsp3) is 0.529. The molecule has 0 N–H and O–H groups in total. The van der Waals surface area contributed by atoms with E-state index in [2.05, 4.69) is 0 Å². The second-order valence-electron chi connectivity index (χ2n) is 5.45. The van der Waals surface area contributed by atoms with Crippen molar-refractivity contribution in [1.29, 1.82) is 0 Å². The van der Waals surface area contributed by atoms with Gasteiger partial charge in [0.25, 0.3) is 0 Å². The van der Waals surface area contributed by atoms with Crippen LogP contribution in [0.4, 0.5) is 0 Å². The molecule has 0 amide bonds. The first-order chi connectivity index (χ1) is 10.7. The molecule has 1 atom stereocenters. The lowest BCUT2D eigenvalue weighted by molar-refractivity contribution is -0.162. The zero-order valence-corrected chi connectivity index (χ0v) is 13.6. The van der Waals surface area contributed by atoms with Crippen molar-refractivity contribution in [3.8, 4) is 0 Å². The van der Waals surface area contributed by atoms with E-state index in [9.17, 15) is 8.42 Å². The Bertz CT molecular complexity index is 545. The molecule has 4 nitrogen and oxygen atoms in total. The van der Waals surface area contributed by atoms with Gasteiger partial charge in [-0.15, -0.1) is 0 Å². The number of benzene rings is 1. The highest BCUT2D eigenvalue weighted by atomic mass is 32.2. The third kappa shape index (κ3) is 6.73. The van der Waals surface area contributed by atoms with Crippen LogP contribution in [0.25, 0.3) is 6.08 Å². The van der Waals surface area contributed by atoms with Gasteiger partial charge in [-0.2, -0.15) is 0 Å². The van der Waals surface area contributed by atoms with Crippen molar-refractivity contribution in [3.63, 3.8) is 0 Å². The minimum Gasteiger partial charge on any atom is -0.353 e. The Kier molecular flexibility index (Phi) is 7.09. The normalized spacial score (nSPS) is 19.5. The molecule has 22 heavy (non-hydrogen) atoms. The van der Waals surface area contributed by atoms with Gasteiger partial charge in [-0.05, 0) is 31.2 Å². The summed E-state index contributed by atoms with van der Waals surface area (Å²) in [6.45, 7) is 1.18. The number of hydrogen-bond donors (Lipinski definition) is 0. The van der Waals surface area contributed by atoms with Crippen LogP contribution in [0.5, 0.6) is 0 Å². The van der Waals surface area contributed by atoms with Gasteiger partial charge in [-0.25, -0.2) is 8.42 Å². The fourth-order valence-corrected chi connectivity index (χ4v) is 3.43. The van der Waals surface area contributed by atoms with Crippen LogP contribution in [0.3, 0.4) is 0 Å². The lowest BCUT2D eigenvalue weighted by Crippen LogP contribution is -2.23. The van der Waals surface area contributed by atoms with Crippen LogP contribution in [0, 0.1) is 0 Å². The van der Waals surface area contributed by atoms with E-state index in [0.29, 0.717) is 13.0 Å². The Morgan fingerprint density at radius 2 is 2.05 bits per heavy atom. The molecule has 1 aromatic carbocycles. The van der Waals surface area contributed by atoms with Crippen molar-refractivity contribution in [2.24, 2.45) is 0 Å². The SMILES string of the molecule is O=S(=O)(C/C=C/c1ccccc1)CCCOC1CCCCO1. The minimum atomic E-state index is -3.06. The van der Waals surface area contributed by atoms with Crippen LogP contribution in [0.1, 0.15) is 31.2 Å². The third-order valence-electron chi connectivity index (χ3n) is 3.50. The lowest BCUT2D eigenvalue weighted by atomic mass is 10.2. The number of sulfone groups is 1. The van der Waals surface area contributed by atoms with E-state index >= 15 is 0 Å². The van der Waals surface area contributed by atoms with Gasteiger partial charge in [0.05, 0.1) is 18.1 Å². The molecule has 5 heteroatoms. The summed E-state index contributed by atoms with van der Waals surface area (Å²) in [5, 5.41) is 0. The van der Waals surface area contributed by atoms with Crippen molar-refractivity contribution < 1.29 is 17.9 Å². The largest absolute Gasteiger partial charge is 0.353 e. The quantitative estimate of drug-likeness (QED) is 0.690. The first kappa shape index (κ1) is 17.2. The summed E-state index contributed by atoms with van der Waals surface area (Å²) in [4.78, 5) is 0. The second kappa shape index (κ2) is 9.08. The Balaban J connectivity index is 1.64. The van der Waals surface area contributed by atoms with Crippen molar-refractivity contribution >= 4 is 15.9 Å². The summed E-state index contributed by atoms with van der Waals surface area (Å²) in [6, 6.07) is 9.68. The van der Waals surface area contributed by atoms with Crippen molar-refractivity contribution in [2.75, 3.05) is 24.7 Å². The molecule has 0 bridgehead atoms. The summed E-state index contributed by atoms with van der Waals surface area (Å²) >= 11 is 0. The Morgan fingerprint density at radius 3 is 2.77 bits per heavy atom. The molecule has 0 spiro atoms. The van der Waals surface area contributed by atoms with Gasteiger partial charge in [0, 0.05) is 6.61 Å². The molecule has 1 unspecified atom stereocenters. The summed E-state index contributed by atoms with van der Waals surface area (Å²) in [5.41, 5.74) is 1.01. The van der Waals surface area contributed by atoms with Gasteiger partial charge in [-0.3, -0.25) is 0 Å². The predicted molar refractivity (Wildman–Crippen MR) is 88.3 cm³/mol. The summed E-state index contributed by atoms with van der Waals surface area (Å²) in [6.07, 6.45) is 7.03. The van der Waals surface area contributed by atoms with E-state index in [-0.39, 0.29) is 17.8 Å². The zero-order valence-electron chi connectivity index (χ0n) is 12.8. The Labute approximate surface area is 133 Å². The molecule has 1 saturated heterocycles. The Morgan fingerprint density at radius 1 is 1.23 bits per heavy atom. The van der Waals surface area contributed by atoms with E-state index in [1.807, 2.05) is 36.4 Å². The van der Waals surface area contributed by atoms with Crippen LogP contribution < -0.4 is 0 Å². The molecule has 1 aliphatic rings. The van der Waals surface area contributed by atoms with E-state index < -0.39 is 9.84 Å². The first-order valence-corrected chi connectivity index (χ1v) is 9.63. The fourth-order valence-electron chi connectivity index (χ4n) is 2.31. The molecule has 0 aromatic heterocycles. The maximum Gasteiger partial charge on any atom is 0.157 e. The number of rotatable bonds is 8. The number of hydrogen-bond acceptors (Lipinski definition) is 4. The molecule has 2 rings (SSSR count). The van der Waals surface area contributed by atoms with Gasteiger partial charge in [0.1, 0.15) is 0 Å². The van der Waals surface area contributed by atoms with E-state index in [0.717, 1.165) is 31.4 Å². The maximum atomic E-state index is 11.9. The molecule has 0 aliphatic carbocycles. The second-order valence-corrected chi connectivity index (χ2v) is 7.68. The van der Waals surface area contributed by atoms with Gasteiger partial charge >= 0.3 is 0 Å². The molecule has 0 saturated carbocycles. The van der Waals surface area contributed by atoms with Gasteiger partial charge in [0.2, 0.25) is 0 Å². The lowest BCUT2D eigenvalue weighted by Gasteiger charge is -2.22. The first-order valence-electron chi connectivity index (χ1n) is 7.81. The number of ether oxygens (including phenoxy) is 2. The standard InChI is InChI=1S/C17H24O4S/c18-22(19,14-6-10-16-8-2-1-3-9-16)15-7-13-21-17-11-4-5-12-20-17/h1-3,6,8-10,17H,4-5,7,11-15H2/b10-6+. The molecule has 122 valence electrons. The highest BCUT2D eigenvalue weighted by Crippen LogP contribution is 2.13. The average Bonchev–Trinajstić information content (AvgIpc) is 2.53. The van der Waals surface area contributed by atoms with Gasteiger partial charge < -0.3 is 9.47 Å². The van der Waals surface area contributed by atoms with E-state index in [4.69, 9.17) is 9.47 Å². The molecule has 1 aromatic rings. The van der Waals surface area contributed by atoms with Gasteiger partial charge in [-0.1, -0.05) is 42.5 Å². The van der Waals surface area contributed by atoms with Crippen LogP contribution in [-0.2, 0) is 19.3 Å². The topological polar surface area (TPSA) is 52.6 Å². The van der Waals surface area contributed by atoms with Crippen LogP contribution in [0.15, 0.2) is 36.4 Å². The molecule has 0 radical (unpaired) electrons. The predicted octanol–water partition coefficient (Wildman–Crippen LogP) is 3.05. The highest BCUT2D eigenvalue weighted by molar-refractivity contribution is 7.91. The van der Waals surface area contributed by atoms with E-state index in [1.54, 1.807) is 6.08 Å². The zero-order chi connectivity index (χ0) is 15.7. The monoisotopic (exact) mass is 324 g/mol. The minimum absolute atomic E-state index is 0.0713. The maximum absolute atomic E-state index is 11.9. The smallest absolute Gasteiger partial charge is 0.157 e. The summed E-state index contributed by atoms with van der Waals surface area (Å²) < 4.78 is 34.9. The van der Waals surface area contributed by atoms with Crippen LogP contribution in [-0.4, -0.2) is 39.4 Å². The average molecular weight is 324 g/mol. The van der Waals surface area contributed by atoms with Gasteiger partial charge in [0.15, 0.2) is 16.1 Å². The van der Waals surface area contributed by atoms with Crippen molar-refractivity contribution in [2.45, 2.75) is 32.0 Å². The summed E-state index contributed by atoms with van der Waals surface area (Å²) in [7, 11) is -3.06. The molecular weight excluding hydrogens is 300 g/mol. The van der Waals surface area contributed by atoms with Crippen LogP contribution >= 0.6 is 0 Å².